The van der Waals surface area contributed by atoms with Crippen LogP contribution in [0.3, 0.4) is 0 Å². The standard InChI is InChI=1S/C21H17NO3S/c1-26(23,24)20-9-5-8-17(12-20)18-10-11-19(14-22)21(13-18)25-15-16-6-3-2-4-7-16/h2-13H,15H2,1H3. The van der Waals surface area contributed by atoms with E-state index in [4.69, 9.17) is 4.74 Å². The zero-order valence-corrected chi connectivity index (χ0v) is 15.0. The van der Waals surface area contributed by atoms with Gasteiger partial charge in [0.05, 0.1) is 10.5 Å². The number of rotatable bonds is 5. The van der Waals surface area contributed by atoms with Crippen LogP contribution >= 0.6 is 0 Å². The number of ether oxygens (including phenoxy) is 1. The smallest absolute Gasteiger partial charge is 0.175 e. The number of hydrogen-bond acceptors (Lipinski definition) is 4. The molecule has 3 rings (SSSR count). The molecule has 0 fully saturated rings. The number of benzene rings is 3. The molecule has 0 aromatic heterocycles. The Kier molecular flexibility index (Phi) is 5.06. The van der Waals surface area contributed by atoms with Crippen LogP contribution in [0.2, 0.25) is 0 Å². The Morgan fingerprint density at radius 1 is 0.923 bits per heavy atom. The van der Waals surface area contributed by atoms with E-state index in [-0.39, 0.29) is 4.90 Å². The Bertz CT molecular complexity index is 1070. The Morgan fingerprint density at radius 2 is 1.65 bits per heavy atom. The number of nitriles is 1. The predicted octanol–water partition coefficient (Wildman–Crippen LogP) is 4.21. The molecule has 3 aromatic carbocycles. The highest BCUT2D eigenvalue weighted by atomic mass is 32.2. The second-order valence-electron chi connectivity index (χ2n) is 5.90. The fourth-order valence-corrected chi connectivity index (χ4v) is 3.22. The van der Waals surface area contributed by atoms with Gasteiger partial charge in [-0.25, -0.2) is 8.42 Å². The van der Waals surface area contributed by atoms with Crippen LogP contribution in [0.25, 0.3) is 11.1 Å². The molecule has 0 amide bonds. The maximum Gasteiger partial charge on any atom is 0.175 e. The third-order valence-corrected chi connectivity index (χ3v) is 5.04. The van der Waals surface area contributed by atoms with Crippen molar-refractivity contribution in [2.24, 2.45) is 0 Å². The molecule has 0 saturated carbocycles. The summed E-state index contributed by atoms with van der Waals surface area (Å²) in [5.74, 6) is 0.471. The summed E-state index contributed by atoms with van der Waals surface area (Å²) >= 11 is 0. The van der Waals surface area contributed by atoms with Gasteiger partial charge in [-0.2, -0.15) is 5.26 Å². The van der Waals surface area contributed by atoms with Crippen molar-refractivity contribution in [2.75, 3.05) is 6.26 Å². The van der Waals surface area contributed by atoms with Gasteiger partial charge in [0.25, 0.3) is 0 Å². The minimum absolute atomic E-state index is 0.256. The van der Waals surface area contributed by atoms with Crippen molar-refractivity contribution in [2.45, 2.75) is 11.5 Å². The Morgan fingerprint density at radius 3 is 2.35 bits per heavy atom. The molecule has 0 N–H and O–H groups in total. The van der Waals surface area contributed by atoms with Gasteiger partial charge in [-0.3, -0.25) is 0 Å². The van der Waals surface area contributed by atoms with Crippen molar-refractivity contribution in [3.8, 4) is 22.9 Å². The van der Waals surface area contributed by atoms with E-state index >= 15 is 0 Å². The van der Waals surface area contributed by atoms with E-state index in [9.17, 15) is 13.7 Å². The summed E-state index contributed by atoms with van der Waals surface area (Å²) in [6.07, 6.45) is 1.18. The molecule has 0 bridgehead atoms. The summed E-state index contributed by atoms with van der Waals surface area (Å²) in [6.45, 7) is 0.350. The highest BCUT2D eigenvalue weighted by Gasteiger charge is 2.11. The lowest BCUT2D eigenvalue weighted by Crippen LogP contribution is -1.98. The zero-order chi connectivity index (χ0) is 18.6. The topological polar surface area (TPSA) is 67.2 Å². The fraction of sp³-hybridized carbons (Fsp3) is 0.0952. The molecule has 0 atom stereocenters. The van der Waals surface area contributed by atoms with Gasteiger partial charge in [0, 0.05) is 6.26 Å². The molecule has 0 aliphatic rings. The van der Waals surface area contributed by atoms with Gasteiger partial charge in [-0.1, -0.05) is 48.5 Å². The lowest BCUT2D eigenvalue weighted by molar-refractivity contribution is 0.305. The minimum atomic E-state index is -3.29. The third kappa shape index (κ3) is 4.11. The minimum Gasteiger partial charge on any atom is -0.488 e. The summed E-state index contributed by atoms with van der Waals surface area (Å²) < 4.78 is 29.4. The highest BCUT2D eigenvalue weighted by molar-refractivity contribution is 7.90. The molecule has 0 spiro atoms. The van der Waals surface area contributed by atoms with Crippen LogP contribution in [0.5, 0.6) is 5.75 Å². The van der Waals surface area contributed by atoms with Crippen molar-refractivity contribution in [3.63, 3.8) is 0 Å². The number of sulfone groups is 1. The van der Waals surface area contributed by atoms with Crippen LogP contribution in [0.1, 0.15) is 11.1 Å². The first kappa shape index (κ1) is 17.7. The molecule has 5 heteroatoms. The van der Waals surface area contributed by atoms with Crippen LogP contribution < -0.4 is 4.74 Å². The van der Waals surface area contributed by atoms with Crippen molar-refractivity contribution in [1.29, 1.82) is 5.26 Å². The summed E-state index contributed by atoms with van der Waals surface area (Å²) in [6, 6.07) is 23.8. The largest absolute Gasteiger partial charge is 0.488 e. The van der Waals surface area contributed by atoms with E-state index in [0.717, 1.165) is 16.7 Å². The predicted molar refractivity (Wildman–Crippen MR) is 100 cm³/mol. The molecule has 0 radical (unpaired) electrons. The lowest BCUT2D eigenvalue weighted by atomic mass is 10.0. The molecule has 130 valence electrons. The Hall–Kier alpha value is -3.10. The summed E-state index contributed by atoms with van der Waals surface area (Å²) in [7, 11) is -3.29. The first-order valence-electron chi connectivity index (χ1n) is 7.99. The van der Waals surface area contributed by atoms with E-state index in [1.807, 2.05) is 36.4 Å². The number of nitrogens with zero attached hydrogens (tertiary/aromatic N) is 1. The monoisotopic (exact) mass is 363 g/mol. The normalized spacial score (nSPS) is 10.9. The third-order valence-electron chi connectivity index (χ3n) is 3.93. The number of hydrogen-bond donors (Lipinski definition) is 0. The summed E-state index contributed by atoms with van der Waals surface area (Å²) in [5.41, 5.74) is 2.98. The van der Waals surface area contributed by atoms with Crippen molar-refractivity contribution < 1.29 is 13.2 Å². The second-order valence-corrected chi connectivity index (χ2v) is 7.91. The van der Waals surface area contributed by atoms with Crippen LogP contribution in [-0.2, 0) is 16.4 Å². The van der Waals surface area contributed by atoms with Gasteiger partial charge in [0.15, 0.2) is 9.84 Å². The fourth-order valence-electron chi connectivity index (χ4n) is 2.56. The molecular formula is C21H17NO3S. The van der Waals surface area contributed by atoms with Gasteiger partial charge in [-0.05, 0) is 41.0 Å². The second kappa shape index (κ2) is 7.42. The maximum absolute atomic E-state index is 11.8. The van der Waals surface area contributed by atoms with Crippen molar-refractivity contribution in [1.82, 2.24) is 0 Å². The highest BCUT2D eigenvalue weighted by Crippen LogP contribution is 2.29. The van der Waals surface area contributed by atoms with Gasteiger partial charge < -0.3 is 4.74 Å². The van der Waals surface area contributed by atoms with Crippen molar-refractivity contribution >= 4 is 9.84 Å². The van der Waals surface area contributed by atoms with Gasteiger partial charge in [0.1, 0.15) is 18.4 Å². The van der Waals surface area contributed by atoms with E-state index in [1.165, 1.54) is 6.26 Å². The maximum atomic E-state index is 11.8. The van der Waals surface area contributed by atoms with E-state index < -0.39 is 9.84 Å². The van der Waals surface area contributed by atoms with Gasteiger partial charge in [-0.15, -0.1) is 0 Å². The molecule has 0 saturated heterocycles. The molecule has 26 heavy (non-hydrogen) atoms. The Labute approximate surface area is 153 Å². The average Bonchev–Trinajstić information content (AvgIpc) is 2.66. The van der Waals surface area contributed by atoms with Crippen molar-refractivity contribution in [3.05, 3.63) is 83.9 Å². The quantitative estimate of drug-likeness (QED) is 0.681. The lowest BCUT2D eigenvalue weighted by Gasteiger charge is -2.11. The molecular weight excluding hydrogens is 346 g/mol. The van der Waals surface area contributed by atoms with Crippen LogP contribution in [0, 0.1) is 11.3 Å². The molecule has 4 nitrogen and oxygen atoms in total. The first-order valence-corrected chi connectivity index (χ1v) is 9.88. The average molecular weight is 363 g/mol. The van der Waals surface area contributed by atoms with E-state index in [0.29, 0.717) is 17.9 Å². The first-order chi connectivity index (χ1) is 12.5. The van der Waals surface area contributed by atoms with Gasteiger partial charge >= 0.3 is 0 Å². The summed E-state index contributed by atoms with van der Waals surface area (Å²) in [5, 5.41) is 9.32. The molecule has 0 heterocycles. The molecule has 0 aliphatic heterocycles. The van der Waals surface area contributed by atoms with Crippen LogP contribution in [-0.4, -0.2) is 14.7 Å². The van der Waals surface area contributed by atoms with E-state index in [2.05, 4.69) is 6.07 Å². The van der Waals surface area contributed by atoms with Gasteiger partial charge in [0.2, 0.25) is 0 Å². The van der Waals surface area contributed by atoms with Crippen LogP contribution in [0.4, 0.5) is 0 Å². The molecule has 0 unspecified atom stereocenters. The zero-order valence-electron chi connectivity index (χ0n) is 14.2. The SMILES string of the molecule is CS(=O)(=O)c1cccc(-c2ccc(C#N)c(OCc3ccccc3)c2)c1. The van der Waals surface area contributed by atoms with Crippen LogP contribution in [0.15, 0.2) is 77.7 Å². The van der Waals surface area contributed by atoms with E-state index in [1.54, 1.807) is 36.4 Å². The summed E-state index contributed by atoms with van der Waals surface area (Å²) in [4.78, 5) is 0.256. The Balaban J connectivity index is 1.94. The molecule has 0 aliphatic carbocycles. The molecule has 3 aromatic rings.